The van der Waals surface area contributed by atoms with Crippen LogP contribution in [-0.2, 0) is 20.8 Å². The van der Waals surface area contributed by atoms with Crippen molar-refractivity contribution < 1.29 is 19.1 Å². The average Bonchev–Trinajstić information content (AvgIpc) is 3.04. The van der Waals surface area contributed by atoms with E-state index in [4.69, 9.17) is 9.47 Å². The number of thiazole rings is 1. The number of nitrogens with zero attached hydrogens (tertiary/aromatic N) is 1. The van der Waals surface area contributed by atoms with Gasteiger partial charge in [-0.1, -0.05) is 35.9 Å². The van der Waals surface area contributed by atoms with Gasteiger partial charge >= 0.3 is 11.9 Å². The lowest BCUT2D eigenvalue weighted by molar-refractivity contribution is -0.135. The standard InChI is InChI=1S/C25H25NO5S/c1-5-31-23(27)14-22-26(15-18-7-10-19(11-8-18)25(29)30-4)24(28)21(32-22)13-20-9-6-16(2)12-17(20)3/h6-14H,5,15H2,1-4H3/b21-13+,22-14-. The molecule has 0 aliphatic rings. The van der Waals surface area contributed by atoms with Gasteiger partial charge in [-0.15, -0.1) is 11.3 Å². The Bertz CT molecular complexity index is 1320. The maximum absolute atomic E-state index is 13.2. The number of carbonyl (C=O) groups is 2. The summed E-state index contributed by atoms with van der Waals surface area (Å²) in [6.45, 7) is 6.26. The molecule has 0 saturated carbocycles. The Morgan fingerprint density at radius 1 is 1.09 bits per heavy atom. The number of hydrogen-bond acceptors (Lipinski definition) is 6. The number of benzene rings is 2. The van der Waals surface area contributed by atoms with Crippen molar-refractivity contribution in [2.24, 2.45) is 0 Å². The van der Waals surface area contributed by atoms with Gasteiger partial charge in [0, 0.05) is 0 Å². The summed E-state index contributed by atoms with van der Waals surface area (Å²) in [4.78, 5) is 37.0. The molecule has 3 rings (SSSR count). The largest absolute Gasteiger partial charge is 0.465 e. The highest BCUT2D eigenvalue weighted by atomic mass is 32.1. The highest BCUT2D eigenvalue weighted by Crippen LogP contribution is 2.11. The molecule has 0 spiro atoms. The lowest BCUT2D eigenvalue weighted by Gasteiger charge is -2.05. The monoisotopic (exact) mass is 451 g/mol. The van der Waals surface area contributed by atoms with Crippen LogP contribution in [0.25, 0.3) is 12.2 Å². The second-order valence-corrected chi connectivity index (χ2v) is 8.35. The fourth-order valence-corrected chi connectivity index (χ4v) is 4.27. The molecule has 0 aliphatic carbocycles. The van der Waals surface area contributed by atoms with Gasteiger partial charge in [-0.2, -0.15) is 0 Å². The van der Waals surface area contributed by atoms with Gasteiger partial charge < -0.3 is 9.47 Å². The van der Waals surface area contributed by atoms with E-state index >= 15 is 0 Å². The van der Waals surface area contributed by atoms with Gasteiger partial charge in [0.2, 0.25) is 0 Å². The van der Waals surface area contributed by atoms with Gasteiger partial charge in [-0.25, -0.2) is 9.59 Å². The summed E-state index contributed by atoms with van der Waals surface area (Å²) in [5.74, 6) is -0.924. The third-order valence-electron chi connectivity index (χ3n) is 4.89. The van der Waals surface area contributed by atoms with Crippen LogP contribution in [0.1, 0.15) is 39.5 Å². The maximum Gasteiger partial charge on any atom is 0.337 e. The minimum absolute atomic E-state index is 0.192. The molecule has 0 amide bonds. The molecule has 166 valence electrons. The molecule has 2 aromatic carbocycles. The van der Waals surface area contributed by atoms with Crippen molar-refractivity contribution >= 4 is 35.4 Å². The van der Waals surface area contributed by atoms with E-state index in [-0.39, 0.29) is 18.7 Å². The van der Waals surface area contributed by atoms with Crippen molar-refractivity contribution in [3.63, 3.8) is 0 Å². The third kappa shape index (κ3) is 5.42. The molecule has 1 heterocycles. The Morgan fingerprint density at radius 2 is 1.81 bits per heavy atom. The van der Waals surface area contributed by atoms with Crippen molar-refractivity contribution in [1.82, 2.24) is 4.57 Å². The van der Waals surface area contributed by atoms with Crippen LogP contribution in [0.2, 0.25) is 0 Å². The first-order valence-electron chi connectivity index (χ1n) is 10.2. The Kier molecular flexibility index (Phi) is 7.43. The van der Waals surface area contributed by atoms with E-state index in [1.165, 1.54) is 24.5 Å². The number of rotatable bonds is 6. The first kappa shape index (κ1) is 23.2. The number of hydrogen-bond donors (Lipinski definition) is 0. The molecule has 3 aromatic rings. The molecule has 1 aromatic heterocycles. The van der Waals surface area contributed by atoms with E-state index < -0.39 is 11.9 Å². The summed E-state index contributed by atoms with van der Waals surface area (Å²) in [6.07, 6.45) is 3.19. The molecule has 0 N–H and O–H groups in total. The molecule has 0 radical (unpaired) electrons. The molecule has 6 nitrogen and oxygen atoms in total. The van der Waals surface area contributed by atoms with Crippen LogP contribution in [0.15, 0.2) is 47.3 Å². The van der Waals surface area contributed by atoms with Crippen molar-refractivity contribution in [3.05, 3.63) is 89.8 Å². The van der Waals surface area contributed by atoms with E-state index in [2.05, 4.69) is 6.07 Å². The van der Waals surface area contributed by atoms with Crippen molar-refractivity contribution in [2.45, 2.75) is 27.3 Å². The molecule has 0 saturated heterocycles. The van der Waals surface area contributed by atoms with Gasteiger partial charge in [0.15, 0.2) is 0 Å². The van der Waals surface area contributed by atoms with E-state index in [0.29, 0.717) is 14.8 Å². The maximum atomic E-state index is 13.2. The van der Waals surface area contributed by atoms with E-state index in [9.17, 15) is 14.4 Å². The number of aromatic nitrogens is 1. The molecule has 0 atom stereocenters. The van der Waals surface area contributed by atoms with Crippen molar-refractivity contribution in [3.8, 4) is 0 Å². The molecule has 32 heavy (non-hydrogen) atoms. The molecule has 7 heteroatoms. The van der Waals surface area contributed by atoms with Gasteiger partial charge in [0.25, 0.3) is 5.56 Å². The zero-order valence-electron chi connectivity index (χ0n) is 18.5. The fraction of sp³-hybridized carbons (Fsp3) is 0.240. The van der Waals surface area contributed by atoms with Gasteiger partial charge in [0.05, 0.1) is 36.4 Å². The highest BCUT2D eigenvalue weighted by molar-refractivity contribution is 7.07. The number of ether oxygens (including phenoxy) is 2. The number of esters is 2. The quantitative estimate of drug-likeness (QED) is 0.539. The summed E-state index contributed by atoms with van der Waals surface area (Å²) in [7, 11) is 1.33. The van der Waals surface area contributed by atoms with Gasteiger partial charge in [-0.05, 0) is 55.7 Å². The molecule has 0 fully saturated rings. The zero-order chi connectivity index (χ0) is 23.3. The smallest absolute Gasteiger partial charge is 0.337 e. The molecule has 0 bridgehead atoms. The van der Waals surface area contributed by atoms with Crippen LogP contribution in [0.3, 0.4) is 0 Å². The van der Waals surface area contributed by atoms with Crippen molar-refractivity contribution in [1.29, 1.82) is 0 Å². The average molecular weight is 452 g/mol. The minimum Gasteiger partial charge on any atom is -0.465 e. The second kappa shape index (κ2) is 10.2. The SMILES string of the molecule is CCOC(=O)/C=c1\s/c(=C/c2ccc(C)cc2C)c(=O)n1Cc1ccc(C(=O)OC)cc1. The predicted molar refractivity (Wildman–Crippen MR) is 125 cm³/mol. The highest BCUT2D eigenvalue weighted by Gasteiger charge is 2.10. The van der Waals surface area contributed by atoms with E-state index in [1.54, 1.807) is 35.8 Å². The van der Waals surface area contributed by atoms with E-state index in [1.807, 2.05) is 32.1 Å². The second-order valence-electron chi connectivity index (χ2n) is 7.29. The summed E-state index contributed by atoms with van der Waals surface area (Å²) >= 11 is 1.24. The molecule has 0 unspecified atom stereocenters. The lowest BCUT2D eigenvalue weighted by Crippen LogP contribution is -2.32. The minimum atomic E-state index is -0.499. The zero-order valence-corrected chi connectivity index (χ0v) is 19.3. The van der Waals surface area contributed by atoms with Crippen molar-refractivity contribution in [2.75, 3.05) is 13.7 Å². The number of aryl methyl sites for hydroxylation is 2. The Labute approximate surface area is 190 Å². The van der Waals surface area contributed by atoms with E-state index in [0.717, 1.165) is 22.3 Å². The number of methoxy groups -OCH3 is 1. The first-order valence-corrected chi connectivity index (χ1v) is 11.0. The fourth-order valence-electron chi connectivity index (χ4n) is 3.25. The van der Waals surface area contributed by atoms with Crippen LogP contribution >= 0.6 is 11.3 Å². The Morgan fingerprint density at radius 3 is 2.44 bits per heavy atom. The van der Waals surface area contributed by atoms with Gasteiger partial charge in [0.1, 0.15) is 4.66 Å². The lowest BCUT2D eigenvalue weighted by atomic mass is 10.1. The third-order valence-corrected chi connectivity index (χ3v) is 5.95. The normalized spacial score (nSPS) is 12.1. The topological polar surface area (TPSA) is 74.6 Å². The summed E-state index contributed by atoms with van der Waals surface area (Å²) in [6, 6.07) is 12.9. The predicted octanol–water partition coefficient (Wildman–Crippen LogP) is 2.53. The van der Waals surface area contributed by atoms with Gasteiger partial charge in [-0.3, -0.25) is 9.36 Å². The molecule has 0 aliphatic heterocycles. The molecular formula is C25H25NO5S. The van der Waals surface area contributed by atoms with Crippen LogP contribution in [0.5, 0.6) is 0 Å². The Hall–Kier alpha value is -3.45. The Balaban J connectivity index is 2.09. The summed E-state index contributed by atoms with van der Waals surface area (Å²) in [5.41, 5.74) is 4.22. The van der Waals surface area contributed by atoms with Crippen LogP contribution in [0, 0.1) is 13.8 Å². The summed E-state index contributed by atoms with van der Waals surface area (Å²) < 4.78 is 12.3. The van der Waals surface area contributed by atoms with Crippen LogP contribution in [0.4, 0.5) is 0 Å². The van der Waals surface area contributed by atoms with Crippen LogP contribution in [-0.4, -0.2) is 30.2 Å². The summed E-state index contributed by atoms with van der Waals surface area (Å²) in [5, 5.41) is 0. The molecular weight excluding hydrogens is 426 g/mol. The number of carbonyl (C=O) groups excluding carboxylic acids is 2. The van der Waals surface area contributed by atoms with Crippen LogP contribution < -0.4 is 14.8 Å². The first-order chi connectivity index (χ1) is 15.3.